The summed E-state index contributed by atoms with van der Waals surface area (Å²) >= 11 is 0. The van der Waals surface area contributed by atoms with Gasteiger partial charge in [0, 0.05) is 19.5 Å². The van der Waals surface area contributed by atoms with E-state index in [2.05, 4.69) is 6.58 Å². The van der Waals surface area contributed by atoms with Gasteiger partial charge in [0.25, 0.3) is 0 Å². The summed E-state index contributed by atoms with van der Waals surface area (Å²) in [5, 5.41) is 0. The fraction of sp³-hybridized carbons (Fsp3) is 0.333. The number of rotatable bonds is 0. The average Bonchev–Trinajstić information content (AvgIpc) is 1.35. The largest absolute Gasteiger partial charge is 1.00 e. The summed E-state index contributed by atoms with van der Waals surface area (Å²) in [6.45, 7) is 2.38. The van der Waals surface area contributed by atoms with Crippen molar-refractivity contribution in [2.24, 2.45) is 0 Å². The fourth-order valence-corrected chi connectivity index (χ4v) is 0. The van der Waals surface area contributed by atoms with Gasteiger partial charge in [-0.15, -0.1) is 0 Å². The van der Waals surface area contributed by atoms with Crippen molar-refractivity contribution >= 4 is 0 Å². The van der Waals surface area contributed by atoms with E-state index in [1.165, 1.54) is 0 Å². The molecule has 0 aromatic carbocycles. The van der Waals surface area contributed by atoms with Gasteiger partial charge in [0.15, 0.2) is 0 Å². The van der Waals surface area contributed by atoms with Crippen molar-refractivity contribution in [3.63, 3.8) is 0 Å². The van der Waals surface area contributed by atoms with E-state index in [1.807, 2.05) is 0 Å². The molecule has 45 valence electrons. The van der Waals surface area contributed by atoms with E-state index in [1.54, 1.807) is 0 Å². The summed E-state index contributed by atoms with van der Waals surface area (Å²) in [5.74, 6) is 0. The minimum atomic E-state index is -4.32. The molecular formula is C3H2BrF3Zn-. The van der Waals surface area contributed by atoms with E-state index >= 15 is 0 Å². The second-order valence-electron chi connectivity index (χ2n) is 0.675. The Balaban J connectivity index is -0.000000125. The first-order valence-electron chi connectivity index (χ1n) is 1.17. The van der Waals surface area contributed by atoms with Crippen LogP contribution in [0.15, 0.2) is 6.58 Å². The van der Waals surface area contributed by atoms with Crippen LogP contribution in [0.3, 0.4) is 0 Å². The average molecular weight is 240 g/mol. The molecule has 0 unspecified atom stereocenters. The normalized spacial score (nSPS) is 8.38. The van der Waals surface area contributed by atoms with Gasteiger partial charge in [-0.3, -0.25) is 0 Å². The number of allylic oxidation sites excluding steroid dienone is 1. The predicted octanol–water partition coefficient (Wildman–Crippen LogP) is -1.46. The van der Waals surface area contributed by atoms with E-state index in [0.29, 0.717) is 0 Å². The first kappa shape index (κ1) is 15.9. The molecule has 0 saturated heterocycles. The summed E-state index contributed by atoms with van der Waals surface area (Å²) < 4.78 is 31.8. The molecule has 0 aliphatic rings. The molecule has 0 heterocycles. The number of halogens is 4. The third-order valence-electron chi connectivity index (χ3n) is 0.200. The number of hydrogen-bond donors (Lipinski definition) is 0. The van der Waals surface area contributed by atoms with Crippen LogP contribution >= 0.6 is 0 Å². The van der Waals surface area contributed by atoms with Crippen LogP contribution in [0.5, 0.6) is 0 Å². The molecule has 1 radical (unpaired) electrons. The van der Waals surface area contributed by atoms with Gasteiger partial charge >= 0.3 is 6.18 Å². The maximum Gasteiger partial charge on any atom is 0.416 e. The Hall–Kier alpha value is 0.633. The number of alkyl halides is 3. The van der Waals surface area contributed by atoms with Crippen LogP contribution in [-0.4, -0.2) is 6.18 Å². The van der Waals surface area contributed by atoms with Crippen molar-refractivity contribution < 1.29 is 49.6 Å². The quantitative estimate of drug-likeness (QED) is 0.454. The van der Waals surface area contributed by atoms with Crippen LogP contribution in [0, 0.1) is 6.08 Å². The molecule has 0 nitrogen and oxygen atoms in total. The molecule has 0 atom stereocenters. The molecule has 0 aromatic heterocycles. The summed E-state index contributed by atoms with van der Waals surface area (Å²) in [6.07, 6.45) is -3.47. The second kappa shape index (κ2) is 5.76. The first-order chi connectivity index (χ1) is 2.56. The monoisotopic (exact) mass is 238 g/mol. The van der Waals surface area contributed by atoms with Gasteiger partial charge in [-0.2, -0.15) is 13.2 Å². The van der Waals surface area contributed by atoms with Crippen molar-refractivity contribution in [3.8, 4) is 0 Å². The van der Waals surface area contributed by atoms with Crippen molar-refractivity contribution in [2.45, 2.75) is 6.18 Å². The van der Waals surface area contributed by atoms with Crippen molar-refractivity contribution in [2.75, 3.05) is 0 Å². The van der Waals surface area contributed by atoms with E-state index < -0.39 is 6.18 Å². The van der Waals surface area contributed by atoms with E-state index in [4.69, 9.17) is 0 Å². The molecule has 0 aliphatic carbocycles. The van der Waals surface area contributed by atoms with E-state index in [-0.39, 0.29) is 36.5 Å². The van der Waals surface area contributed by atoms with Gasteiger partial charge in [0.2, 0.25) is 0 Å². The van der Waals surface area contributed by atoms with Crippen LogP contribution in [0.2, 0.25) is 0 Å². The smallest absolute Gasteiger partial charge is 0.416 e. The van der Waals surface area contributed by atoms with Crippen LogP contribution in [-0.2, 0) is 19.5 Å². The summed E-state index contributed by atoms with van der Waals surface area (Å²) in [5.41, 5.74) is 0. The van der Waals surface area contributed by atoms with Crippen LogP contribution in [0.25, 0.3) is 0 Å². The molecule has 0 N–H and O–H groups in total. The fourth-order valence-electron chi connectivity index (χ4n) is 0. The molecule has 0 spiro atoms. The zero-order valence-corrected chi connectivity index (χ0v) is 8.48. The molecule has 0 bridgehead atoms. The Labute approximate surface area is 68.7 Å². The standard InChI is InChI=1S/C3H2F3.BrH.Zn/c1-2-3(4,5)6;;/h1H2;1H;/p-1. The van der Waals surface area contributed by atoms with Gasteiger partial charge in [-0.1, -0.05) is 6.58 Å². The van der Waals surface area contributed by atoms with Gasteiger partial charge < -0.3 is 17.0 Å². The van der Waals surface area contributed by atoms with Crippen molar-refractivity contribution in [3.05, 3.63) is 12.7 Å². The van der Waals surface area contributed by atoms with Gasteiger partial charge in [-0.25, -0.2) is 0 Å². The van der Waals surface area contributed by atoms with E-state index in [0.717, 1.165) is 6.08 Å². The molecule has 8 heavy (non-hydrogen) atoms. The molecule has 0 saturated carbocycles. The maximum atomic E-state index is 10.6. The zero-order chi connectivity index (χ0) is 5.21. The molecule has 5 heteroatoms. The molecule has 0 aliphatic heterocycles. The molecule has 0 fully saturated rings. The zero-order valence-electron chi connectivity index (χ0n) is 3.93. The molecule has 0 rings (SSSR count). The van der Waals surface area contributed by atoms with Crippen molar-refractivity contribution in [1.82, 2.24) is 0 Å². The van der Waals surface area contributed by atoms with E-state index in [9.17, 15) is 13.2 Å². The minimum Gasteiger partial charge on any atom is -1.00 e. The molecule has 0 amide bonds. The van der Waals surface area contributed by atoms with Crippen LogP contribution < -0.4 is 17.0 Å². The van der Waals surface area contributed by atoms with Gasteiger partial charge in [0.05, 0.1) is 6.08 Å². The Kier molecular flexibility index (Phi) is 11.4. The maximum absolute atomic E-state index is 10.6. The predicted molar refractivity (Wildman–Crippen MR) is 14.9 cm³/mol. The summed E-state index contributed by atoms with van der Waals surface area (Å²) in [6, 6.07) is 0. The first-order valence-corrected chi connectivity index (χ1v) is 1.17. The summed E-state index contributed by atoms with van der Waals surface area (Å²) in [4.78, 5) is 0. The third kappa shape index (κ3) is 15.9. The summed E-state index contributed by atoms with van der Waals surface area (Å²) in [7, 11) is 0. The third-order valence-corrected chi connectivity index (χ3v) is 0.200. The van der Waals surface area contributed by atoms with Gasteiger partial charge in [-0.05, 0) is 0 Å². The molecule has 0 aromatic rings. The topological polar surface area (TPSA) is 0 Å². The van der Waals surface area contributed by atoms with Crippen molar-refractivity contribution in [1.29, 1.82) is 0 Å². The molecular weight excluding hydrogens is 238 g/mol. The van der Waals surface area contributed by atoms with Gasteiger partial charge in [0.1, 0.15) is 0 Å². The Morgan fingerprint density at radius 3 is 1.38 bits per heavy atom. The minimum absolute atomic E-state index is 0. The number of hydrogen-bond acceptors (Lipinski definition) is 0. The SMILES string of the molecule is C=[C]C(F)(F)F.[Br-].[Zn]. The Bertz CT molecular complexity index is 60.0. The van der Waals surface area contributed by atoms with Crippen LogP contribution in [0.1, 0.15) is 0 Å². The Morgan fingerprint density at radius 1 is 1.25 bits per heavy atom. The Morgan fingerprint density at radius 2 is 1.38 bits per heavy atom. The second-order valence-corrected chi connectivity index (χ2v) is 0.675. The van der Waals surface area contributed by atoms with Crippen LogP contribution in [0.4, 0.5) is 13.2 Å².